The molecule has 18 aromatic rings. The lowest BCUT2D eigenvalue weighted by Gasteiger charge is -2.18. The van der Waals surface area contributed by atoms with Gasteiger partial charge in [-0.2, -0.15) is 0 Å². The highest BCUT2D eigenvalue weighted by molar-refractivity contribution is 6.95. The van der Waals surface area contributed by atoms with Crippen molar-refractivity contribution in [1.29, 1.82) is 0 Å². The van der Waals surface area contributed by atoms with Gasteiger partial charge in [-0.25, -0.2) is 0 Å². The van der Waals surface area contributed by atoms with Crippen LogP contribution < -0.4 is 16.4 Å². The van der Waals surface area contributed by atoms with Gasteiger partial charge in [-0.15, -0.1) is 0 Å². The van der Waals surface area contributed by atoms with Gasteiger partial charge in [-0.1, -0.05) is 162 Å². The van der Waals surface area contributed by atoms with Crippen LogP contribution in [0, 0.1) is 0 Å². The molecule has 7 heteroatoms. The van der Waals surface area contributed by atoms with E-state index in [-0.39, 0.29) is 6.71 Å². The van der Waals surface area contributed by atoms with Gasteiger partial charge in [0.25, 0.3) is 0 Å². The van der Waals surface area contributed by atoms with Gasteiger partial charge in [0.1, 0.15) is 33.5 Å². The Hall–Kier alpha value is -10.5. The molecule has 0 saturated carbocycles. The summed E-state index contributed by atoms with van der Waals surface area (Å²) in [6, 6.07) is 92.3. The lowest BCUT2D eigenvalue weighted by atomic mass is 9.37. The topological polar surface area (TPSA) is 54.2 Å². The number of aromatic nitrogens is 3. The minimum atomic E-state index is -0.0906. The summed E-state index contributed by atoms with van der Waals surface area (Å²) in [6.07, 6.45) is 0. The van der Waals surface area contributed by atoms with Gasteiger partial charge >= 0.3 is 0 Å². The van der Waals surface area contributed by atoms with Crippen LogP contribution in [0.15, 0.2) is 268 Å². The zero-order valence-corrected chi connectivity index (χ0v) is 42.4. The summed E-state index contributed by atoms with van der Waals surface area (Å²) in [5, 5.41) is 14.0. The molecule has 0 atom stereocenters. The second-order valence-corrected chi connectivity index (χ2v) is 21.2. The largest absolute Gasteiger partial charge is 0.456 e. The molecule has 0 aliphatic heterocycles. The maximum absolute atomic E-state index is 6.48. The molecule has 366 valence electrons. The third-order valence-corrected chi connectivity index (χ3v) is 17.0. The Balaban J connectivity index is 0.795. The minimum Gasteiger partial charge on any atom is -0.456 e. The Morgan fingerprint density at radius 3 is 0.772 bits per heavy atom. The molecule has 6 aromatic heterocycles. The molecule has 0 aliphatic rings. The molecule has 0 saturated heterocycles. The summed E-state index contributed by atoms with van der Waals surface area (Å²) in [5.74, 6) is 0. The standard InChI is InChI=1S/C72H42BN3O3/c1-7-19-61-49(13-1)55-37-58-52-16-4-10-22-67(52)77-70(58)40-64(55)74(61)46-31-25-43(26-32-46)73(44-27-33-47(34-28-44)75-62-20-8-2-14-50(62)56-38-59-53-17-5-11-23-68(53)78-71(59)41-65(56)75)45-29-35-48(36-30-45)76-63-21-9-3-15-51(63)57-39-60-54-18-6-12-24-69(54)79-72(60)42-66(57)76/h1-42H. The second kappa shape index (κ2) is 16.0. The zero-order chi connectivity index (χ0) is 51.4. The van der Waals surface area contributed by atoms with Crippen molar-refractivity contribution in [2.45, 2.75) is 0 Å². The van der Waals surface area contributed by atoms with Crippen LogP contribution in [0.3, 0.4) is 0 Å². The van der Waals surface area contributed by atoms with Crippen LogP contribution in [0.1, 0.15) is 0 Å². The van der Waals surface area contributed by atoms with E-state index in [1.807, 2.05) is 18.2 Å². The first kappa shape index (κ1) is 42.7. The maximum atomic E-state index is 6.48. The fourth-order valence-corrected chi connectivity index (χ4v) is 13.4. The van der Waals surface area contributed by atoms with E-state index >= 15 is 0 Å². The van der Waals surface area contributed by atoms with Crippen molar-refractivity contribution in [3.8, 4) is 17.1 Å². The average Bonchev–Trinajstić information content (AvgIpc) is 4.55. The molecule has 12 aromatic carbocycles. The number of nitrogens with zero attached hydrogens (tertiary/aromatic N) is 3. The molecule has 0 fully saturated rings. The van der Waals surface area contributed by atoms with E-state index in [2.05, 4.69) is 250 Å². The SMILES string of the molecule is c1ccc2c(c1)oc1cc3c(cc12)c1ccccc1n3-c1ccc(B(c2ccc(-n3c4ccccc4c4cc5c(cc43)oc3ccccc35)cc2)c2ccc(-n3c4ccccc4c4cc5c(cc43)oc3ccccc35)cc2)cc1. The summed E-state index contributed by atoms with van der Waals surface area (Å²) < 4.78 is 26.6. The second-order valence-electron chi connectivity index (χ2n) is 21.2. The van der Waals surface area contributed by atoms with Gasteiger partial charge in [-0.3, -0.25) is 0 Å². The van der Waals surface area contributed by atoms with Crippen molar-refractivity contribution in [2.75, 3.05) is 0 Å². The van der Waals surface area contributed by atoms with Gasteiger partial charge in [-0.05, 0) is 91.0 Å². The van der Waals surface area contributed by atoms with Crippen LogP contribution in [0.2, 0.25) is 0 Å². The molecule has 0 aliphatic carbocycles. The fraction of sp³-hybridized carbons (Fsp3) is 0. The number of benzene rings is 12. The molecule has 6 nitrogen and oxygen atoms in total. The number of fused-ring (bicyclic) bond motifs is 18. The van der Waals surface area contributed by atoms with Crippen LogP contribution in [0.5, 0.6) is 0 Å². The highest BCUT2D eigenvalue weighted by Crippen LogP contribution is 2.42. The summed E-state index contributed by atoms with van der Waals surface area (Å²) in [6.45, 7) is -0.0906. The van der Waals surface area contributed by atoms with E-state index in [1.54, 1.807) is 0 Å². The first-order valence-corrected chi connectivity index (χ1v) is 27.0. The Morgan fingerprint density at radius 2 is 0.468 bits per heavy atom. The van der Waals surface area contributed by atoms with Crippen molar-refractivity contribution in [1.82, 2.24) is 13.7 Å². The number of hydrogen-bond acceptors (Lipinski definition) is 3. The zero-order valence-electron chi connectivity index (χ0n) is 42.4. The van der Waals surface area contributed by atoms with Crippen LogP contribution in [0.4, 0.5) is 0 Å². The first-order chi connectivity index (χ1) is 39.1. The summed E-state index contributed by atoms with van der Waals surface area (Å²) in [7, 11) is 0. The van der Waals surface area contributed by atoms with E-state index in [0.29, 0.717) is 0 Å². The highest BCUT2D eigenvalue weighted by Gasteiger charge is 2.25. The van der Waals surface area contributed by atoms with E-state index in [1.165, 1.54) is 48.7 Å². The van der Waals surface area contributed by atoms with E-state index in [0.717, 1.165) is 116 Å². The van der Waals surface area contributed by atoms with Crippen LogP contribution in [-0.2, 0) is 0 Å². The van der Waals surface area contributed by atoms with Crippen molar-refractivity contribution in [3.05, 3.63) is 255 Å². The minimum absolute atomic E-state index is 0.0906. The Morgan fingerprint density at radius 1 is 0.203 bits per heavy atom. The smallest absolute Gasteiger partial charge is 0.241 e. The molecule has 0 radical (unpaired) electrons. The number of hydrogen-bond donors (Lipinski definition) is 0. The van der Waals surface area contributed by atoms with Crippen LogP contribution in [-0.4, -0.2) is 20.4 Å². The number of furan rings is 3. The van der Waals surface area contributed by atoms with Gasteiger partial charge in [0.2, 0.25) is 6.71 Å². The molecular weight excluding hydrogens is 966 g/mol. The molecule has 6 heterocycles. The predicted octanol–water partition coefficient (Wildman–Crippen LogP) is 17.2. The van der Waals surface area contributed by atoms with E-state index in [4.69, 9.17) is 13.3 Å². The number of rotatable bonds is 6. The van der Waals surface area contributed by atoms with Gasteiger partial charge < -0.3 is 27.0 Å². The predicted molar refractivity (Wildman–Crippen MR) is 329 cm³/mol. The molecule has 0 amide bonds. The first-order valence-electron chi connectivity index (χ1n) is 27.0. The molecule has 0 spiro atoms. The van der Waals surface area contributed by atoms with Crippen molar-refractivity contribution in [3.63, 3.8) is 0 Å². The highest BCUT2D eigenvalue weighted by atomic mass is 16.3. The quantitative estimate of drug-likeness (QED) is 0.156. The monoisotopic (exact) mass is 1010 g/mol. The van der Waals surface area contributed by atoms with Crippen molar-refractivity contribution >= 4 is 154 Å². The molecular formula is C72H42BN3O3. The molecule has 0 unspecified atom stereocenters. The fourth-order valence-electron chi connectivity index (χ4n) is 13.4. The molecule has 18 rings (SSSR count). The molecule has 0 N–H and O–H groups in total. The molecule has 79 heavy (non-hydrogen) atoms. The van der Waals surface area contributed by atoms with Crippen molar-refractivity contribution < 1.29 is 13.3 Å². The van der Waals surface area contributed by atoms with Crippen LogP contribution in [0.25, 0.3) is 148 Å². The maximum Gasteiger partial charge on any atom is 0.241 e. The number of para-hydroxylation sites is 6. The Labute approximate surface area is 450 Å². The lowest BCUT2D eigenvalue weighted by Crippen LogP contribution is -2.52. The normalized spacial score (nSPS) is 12.3. The lowest BCUT2D eigenvalue weighted by molar-refractivity contribution is 0.669. The van der Waals surface area contributed by atoms with E-state index < -0.39 is 0 Å². The average molecular weight is 1010 g/mol. The van der Waals surface area contributed by atoms with E-state index in [9.17, 15) is 0 Å². The van der Waals surface area contributed by atoms with Crippen LogP contribution >= 0.6 is 0 Å². The summed E-state index contributed by atoms with van der Waals surface area (Å²) in [4.78, 5) is 0. The molecule has 0 bridgehead atoms. The van der Waals surface area contributed by atoms with Gasteiger partial charge in [0.15, 0.2) is 0 Å². The Kier molecular flexibility index (Phi) is 8.66. The van der Waals surface area contributed by atoms with Gasteiger partial charge in [0, 0.05) is 99.9 Å². The third-order valence-electron chi connectivity index (χ3n) is 17.0. The summed E-state index contributed by atoms with van der Waals surface area (Å²) >= 11 is 0. The van der Waals surface area contributed by atoms with Gasteiger partial charge in [0.05, 0.1) is 33.1 Å². The van der Waals surface area contributed by atoms with Crippen molar-refractivity contribution in [2.24, 2.45) is 0 Å². The Bertz CT molecular complexity index is 5000. The summed E-state index contributed by atoms with van der Waals surface area (Å²) in [5.41, 5.74) is 19.0. The third kappa shape index (κ3) is 6.12.